The van der Waals surface area contributed by atoms with Gasteiger partial charge in [0.05, 0.1) is 4.92 Å². The van der Waals surface area contributed by atoms with Crippen molar-refractivity contribution in [3.8, 4) is 0 Å². The van der Waals surface area contributed by atoms with Gasteiger partial charge in [-0.3, -0.25) is 24.6 Å². The molecule has 4 amide bonds. The average Bonchev–Trinajstić information content (AvgIpc) is 2.92. The molecule has 0 radical (unpaired) electrons. The monoisotopic (exact) mass is 416 g/mol. The molecule has 1 aromatic carbocycles. The van der Waals surface area contributed by atoms with Crippen molar-refractivity contribution in [1.82, 2.24) is 15.1 Å². The number of urea groups is 1. The van der Waals surface area contributed by atoms with Gasteiger partial charge >= 0.3 is 6.03 Å². The van der Waals surface area contributed by atoms with Crippen LogP contribution in [-0.2, 0) is 15.1 Å². The van der Waals surface area contributed by atoms with Crippen molar-refractivity contribution in [2.45, 2.75) is 70.5 Å². The Labute approximate surface area is 175 Å². The molecule has 0 bridgehead atoms. The summed E-state index contributed by atoms with van der Waals surface area (Å²) in [5.74, 6) is -0.782. The first-order chi connectivity index (χ1) is 14.1. The number of hydrogen-bond acceptors (Lipinski definition) is 5. The molecule has 1 N–H and O–H groups in total. The highest BCUT2D eigenvalue weighted by Crippen LogP contribution is 2.31. The van der Waals surface area contributed by atoms with Crippen LogP contribution in [0.15, 0.2) is 24.3 Å². The molecule has 9 heteroatoms. The topological polar surface area (TPSA) is 113 Å². The number of nitrogens with one attached hydrogen (secondary N) is 1. The third-order valence-corrected chi connectivity index (χ3v) is 6.04. The Morgan fingerprint density at radius 2 is 1.83 bits per heavy atom. The van der Waals surface area contributed by atoms with E-state index in [1.54, 1.807) is 11.8 Å². The van der Waals surface area contributed by atoms with Gasteiger partial charge in [-0.1, -0.05) is 19.3 Å². The van der Waals surface area contributed by atoms with Crippen molar-refractivity contribution in [1.29, 1.82) is 0 Å². The largest absolute Gasteiger partial charge is 0.336 e. The van der Waals surface area contributed by atoms with Gasteiger partial charge in [-0.05, 0) is 51.3 Å². The van der Waals surface area contributed by atoms with E-state index < -0.39 is 22.4 Å². The smallest absolute Gasteiger partial charge is 0.325 e. The van der Waals surface area contributed by atoms with E-state index in [4.69, 9.17) is 0 Å². The van der Waals surface area contributed by atoms with E-state index in [1.807, 2.05) is 13.8 Å². The molecule has 2 fully saturated rings. The summed E-state index contributed by atoms with van der Waals surface area (Å²) >= 11 is 0. The fraction of sp³-hybridized carbons (Fsp3) is 0.571. The van der Waals surface area contributed by atoms with Gasteiger partial charge < -0.3 is 10.2 Å². The molecule has 9 nitrogen and oxygen atoms in total. The number of benzene rings is 1. The highest BCUT2D eigenvalue weighted by Gasteiger charge is 2.50. The Hall–Kier alpha value is -2.97. The zero-order chi connectivity index (χ0) is 22.1. The van der Waals surface area contributed by atoms with E-state index in [0.29, 0.717) is 5.56 Å². The molecule has 2 aliphatic rings. The number of nitro groups is 1. The molecule has 1 aliphatic heterocycles. The van der Waals surface area contributed by atoms with E-state index in [0.717, 1.165) is 37.0 Å². The SMILES string of the molecule is CC(C)N(C(=O)CN1C(=O)NC(C)(c2ccc([N+](=O)[O-])cc2)C1=O)C1CCCCC1. The van der Waals surface area contributed by atoms with Crippen LogP contribution in [0, 0.1) is 10.1 Å². The molecular weight excluding hydrogens is 388 g/mol. The van der Waals surface area contributed by atoms with Crippen molar-refractivity contribution in [3.05, 3.63) is 39.9 Å². The molecule has 162 valence electrons. The summed E-state index contributed by atoms with van der Waals surface area (Å²) in [5, 5.41) is 13.5. The van der Waals surface area contributed by atoms with E-state index in [2.05, 4.69) is 5.32 Å². The van der Waals surface area contributed by atoms with Crippen molar-refractivity contribution < 1.29 is 19.3 Å². The Balaban J connectivity index is 1.78. The lowest BCUT2D eigenvalue weighted by atomic mass is 9.91. The van der Waals surface area contributed by atoms with Crippen LogP contribution in [0.2, 0.25) is 0 Å². The number of amides is 4. The second kappa shape index (κ2) is 8.41. The molecule has 1 saturated carbocycles. The molecule has 1 aromatic rings. The Morgan fingerprint density at radius 1 is 1.23 bits per heavy atom. The zero-order valence-corrected chi connectivity index (χ0v) is 17.6. The summed E-state index contributed by atoms with van der Waals surface area (Å²) in [6, 6.07) is 4.94. The number of nitro benzene ring substituents is 1. The van der Waals surface area contributed by atoms with E-state index in [9.17, 15) is 24.5 Å². The molecule has 1 atom stereocenters. The van der Waals surface area contributed by atoms with E-state index in [-0.39, 0.29) is 30.2 Å². The lowest BCUT2D eigenvalue weighted by Crippen LogP contribution is -2.51. The minimum Gasteiger partial charge on any atom is -0.336 e. The highest BCUT2D eigenvalue weighted by atomic mass is 16.6. The van der Waals surface area contributed by atoms with Gasteiger partial charge in [-0.25, -0.2) is 4.79 Å². The number of rotatable bonds is 6. The number of nitrogens with zero attached hydrogens (tertiary/aromatic N) is 3. The third-order valence-electron chi connectivity index (χ3n) is 6.04. The van der Waals surface area contributed by atoms with E-state index in [1.165, 1.54) is 24.3 Å². The summed E-state index contributed by atoms with van der Waals surface area (Å²) in [6.45, 7) is 5.11. The van der Waals surface area contributed by atoms with Crippen molar-refractivity contribution >= 4 is 23.5 Å². The second-order valence-corrected chi connectivity index (χ2v) is 8.44. The van der Waals surface area contributed by atoms with Crippen molar-refractivity contribution in [2.24, 2.45) is 0 Å². The zero-order valence-electron chi connectivity index (χ0n) is 17.6. The number of hydrogen-bond donors (Lipinski definition) is 1. The van der Waals surface area contributed by atoms with Gasteiger partial charge in [-0.2, -0.15) is 0 Å². The van der Waals surface area contributed by atoms with Gasteiger partial charge in [0.15, 0.2) is 0 Å². The predicted octanol–water partition coefficient (Wildman–Crippen LogP) is 2.93. The number of carbonyl (C=O) groups excluding carboxylic acids is 3. The van der Waals surface area contributed by atoms with E-state index >= 15 is 0 Å². The van der Waals surface area contributed by atoms with Gasteiger partial charge in [0.25, 0.3) is 11.6 Å². The highest BCUT2D eigenvalue weighted by molar-refractivity contribution is 6.09. The van der Waals surface area contributed by atoms with Gasteiger partial charge in [0, 0.05) is 24.2 Å². The normalized spacial score (nSPS) is 22.3. The Kier molecular flexibility index (Phi) is 6.09. The molecule has 1 saturated heterocycles. The number of non-ortho nitro benzene ring substituents is 1. The van der Waals surface area contributed by atoms with Crippen molar-refractivity contribution in [2.75, 3.05) is 6.54 Å². The minimum atomic E-state index is -1.38. The number of imide groups is 1. The quantitative estimate of drug-likeness (QED) is 0.435. The second-order valence-electron chi connectivity index (χ2n) is 8.44. The Morgan fingerprint density at radius 3 is 2.37 bits per heavy atom. The van der Waals surface area contributed by atoms with Crippen LogP contribution in [0.1, 0.15) is 58.4 Å². The van der Waals surface area contributed by atoms with Crippen LogP contribution in [0.5, 0.6) is 0 Å². The molecule has 0 aromatic heterocycles. The van der Waals surface area contributed by atoms with Crippen LogP contribution in [0.25, 0.3) is 0 Å². The fourth-order valence-corrected chi connectivity index (χ4v) is 4.44. The maximum atomic E-state index is 13.1. The summed E-state index contributed by atoms with van der Waals surface area (Å²) in [6.07, 6.45) is 5.18. The molecule has 1 aliphatic carbocycles. The third kappa shape index (κ3) is 4.01. The maximum absolute atomic E-state index is 13.1. The molecule has 1 unspecified atom stereocenters. The molecule has 3 rings (SSSR count). The lowest BCUT2D eigenvalue weighted by molar-refractivity contribution is -0.384. The predicted molar refractivity (Wildman–Crippen MR) is 110 cm³/mol. The molecule has 1 heterocycles. The first-order valence-electron chi connectivity index (χ1n) is 10.4. The average molecular weight is 416 g/mol. The standard InChI is InChI=1S/C21H28N4O5/c1-14(2)24(16-7-5-4-6-8-16)18(26)13-23-19(27)21(3,22-20(23)28)15-9-11-17(12-10-15)25(29)30/h9-12,14,16H,4-8,13H2,1-3H3,(H,22,28). The summed E-state index contributed by atoms with van der Waals surface area (Å²) in [5.41, 5.74) is -1.06. The van der Waals surface area contributed by atoms with Crippen LogP contribution in [-0.4, -0.2) is 51.2 Å². The maximum Gasteiger partial charge on any atom is 0.325 e. The first-order valence-corrected chi connectivity index (χ1v) is 10.4. The van der Waals surface area contributed by atoms with Crippen LogP contribution < -0.4 is 5.32 Å². The van der Waals surface area contributed by atoms with Gasteiger partial charge in [0.1, 0.15) is 12.1 Å². The van der Waals surface area contributed by atoms with Gasteiger partial charge in [0.2, 0.25) is 5.91 Å². The van der Waals surface area contributed by atoms with Gasteiger partial charge in [-0.15, -0.1) is 0 Å². The van der Waals surface area contributed by atoms with Crippen LogP contribution >= 0.6 is 0 Å². The molecular formula is C21H28N4O5. The first kappa shape index (κ1) is 21.7. The lowest BCUT2D eigenvalue weighted by Gasteiger charge is -2.38. The van der Waals surface area contributed by atoms with Crippen LogP contribution in [0.3, 0.4) is 0 Å². The summed E-state index contributed by atoms with van der Waals surface area (Å²) in [4.78, 5) is 51.8. The van der Waals surface area contributed by atoms with Crippen LogP contribution in [0.4, 0.5) is 10.5 Å². The summed E-state index contributed by atoms with van der Waals surface area (Å²) < 4.78 is 0. The Bertz CT molecular complexity index is 847. The molecule has 0 spiro atoms. The van der Waals surface area contributed by atoms with Crippen molar-refractivity contribution in [3.63, 3.8) is 0 Å². The minimum absolute atomic E-state index is 0.0255. The number of carbonyl (C=O) groups is 3. The molecule has 30 heavy (non-hydrogen) atoms. The fourth-order valence-electron chi connectivity index (χ4n) is 4.44. The summed E-state index contributed by atoms with van der Waals surface area (Å²) in [7, 11) is 0.